The maximum Gasteiger partial charge on any atom is 0.339 e. The Balaban J connectivity index is 1.44. The minimum atomic E-state index is -1.33. The summed E-state index contributed by atoms with van der Waals surface area (Å²) in [4.78, 5) is 39.5. The number of ether oxygens (including phenoxy) is 2. The number of hydrogen-bond donors (Lipinski definition) is 2. The minimum Gasteiger partial charge on any atom is -0.486 e. The Morgan fingerprint density at radius 1 is 1.18 bits per heavy atom. The lowest BCUT2D eigenvalue weighted by Gasteiger charge is -2.33. The van der Waals surface area contributed by atoms with E-state index in [4.69, 9.17) is 15.2 Å². The highest BCUT2D eigenvalue weighted by Crippen LogP contribution is 2.29. The fourth-order valence-corrected chi connectivity index (χ4v) is 3.42. The molecule has 3 aromatic rings. The molecule has 10 nitrogen and oxygen atoms in total. The van der Waals surface area contributed by atoms with Crippen LogP contribution in [-0.4, -0.2) is 46.5 Å². The Hall–Kier alpha value is -4.21. The summed E-state index contributed by atoms with van der Waals surface area (Å²) in [6, 6.07) is 14.0. The molecule has 170 valence electrons. The first-order chi connectivity index (χ1) is 15.7. The Labute approximate surface area is 190 Å². The number of nitrogens with zero attached hydrogens (tertiary/aromatic N) is 4. The van der Waals surface area contributed by atoms with Crippen LogP contribution in [0.25, 0.3) is 0 Å². The molecule has 1 unspecified atom stereocenters. The Kier molecular flexibility index (Phi) is 5.82. The summed E-state index contributed by atoms with van der Waals surface area (Å²) in [5, 5.41) is 2.81. The fourth-order valence-electron chi connectivity index (χ4n) is 3.42. The number of amides is 1. The van der Waals surface area contributed by atoms with E-state index in [9.17, 15) is 9.59 Å². The third kappa shape index (κ3) is 4.84. The highest BCUT2D eigenvalue weighted by atomic mass is 16.6. The van der Waals surface area contributed by atoms with Crippen LogP contribution >= 0.6 is 0 Å². The predicted molar refractivity (Wildman–Crippen MR) is 122 cm³/mol. The molecule has 0 radical (unpaired) electrons. The summed E-state index contributed by atoms with van der Waals surface area (Å²) in [6.07, 6.45) is 0.284. The van der Waals surface area contributed by atoms with Crippen molar-refractivity contribution in [1.82, 2.24) is 15.0 Å². The molecule has 10 heteroatoms. The second-order valence-electron chi connectivity index (χ2n) is 8.03. The number of nitrogens with one attached hydrogen (secondary N) is 1. The van der Waals surface area contributed by atoms with Gasteiger partial charge in [-0.15, -0.1) is 0 Å². The zero-order valence-corrected chi connectivity index (χ0v) is 18.5. The van der Waals surface area contributed by atoms with Crippen LogP contribution in [0, 0.1) is 0 Å². The van der Waals surface area contributed by atoms with Crippen molar-refractivity contribution in [2.45, 2.75) is 25.6 Å². The van der Waals surface area contributed by atoms with Crippen molar-refractivity contribution in [2.24, 2.45) is 0 Å². The minimum absolute atomic E-state index is 0.0665. The van der Waals surface area contributed by atoms with Gasteiger partial charge in [0.1, 0.15) is 12.4 Å². The molecule has 4 rings (SSSR count). The SMILES string of the molecule is CN(C)c1nc(N)nc(COc2cccc(NC(=O)C3(C)Cc4ccccc4C(=O)O3)c2)n1. The van der Waals surface area contributed by atoms with Crippen LogP contribution in [0.4, 0.5) is 17.6 Å². The first-order valence-electron chi connectivity index (χ1n) is 10.3. The number of anilines is 3. The van der Waals surface area contributed by atoms with Gasteiger partial charge in [0, 0.05) is 32.3 Å². The maximum absolute atomic E-state index is 13.0. The number of carbonyl (C=O) groups is 2. The van der Waals surface area contributed by atoms with Gasteiger partial charge in [-0.2, -0.15) is 15.0 Å². The number of benzene rings is 2. The van der Waals surface area contributed by atoms with Crippen molar-refractivity contribution in [3.05, 3.63) is 65.5 Å². The zero-order valence-electron chi connectivity index (χ0n) is 18.5. The normalized spacial score (nSPS) is 17.0. The van der Waals surface area contributed by atoms with E-state index in [0.717, 1.165) is 5.56 Å². The molecule has 33 heavy (non-hydrogen) atoms. The van der Waals surface area contributed by atoms with Crippen molar-refractivity contribution in [1.29, 1.82) is 0 Å². The first-order valence-corrected chi connectivity index (χ1v) is 10.3. The molecular weight excluding hydrogens is 424 g/mol. The number of cyclic esters (lactones) is 1. The second-order valence-corrected chi connectivity index (χ2v) is 8.03. The highest BCUT2D eigenvalue weighted by molar-refractivity contribution is 6.02. The lowest BCUT2D eigenvalue weighted by molar-refractivity contribution is -0.134. The third-order valence-corrected chi connectivity index (χ3v) is 5.11. The van der Waals surface area contributed by atoms with Crippen molar-refractivity contribution in [2.75, 3.05) is 30.0 Å². The van der Waals surface area contributed by atoms with Gasteiger partial charge in [-0.25, -0.2) is 4.79 Å². The van der Waals surface area contributed by atoms with Crippen LogP contribution in [0.1, 0.15) is 28.7 Å². The van der Waals surface area contributed by atoms with Crippen LogP contribution in [0.3, 0.4) is 0 Å². The van der Waals surface area contributed by atoms with Crippen LogP contribution in [-0.2, 0) is 22.6 Å². The monoisotopic (exact) mass is 448 g/mol. The predicted octanol–water partition coefficient (Wildman–Crippen LogP) is 2.21. The highest BCUT2D eigenvalue weighted by Gasteiger charge is 2.42. The molecule has 1 aliphatic rings. The summed E-state index contributed by atoms with van der Waals surface area (Å²) in [5.41, 5.74) is 6.17. The van der Waals surface area contributed by atoms with Gasteiger partial charge in [0.15, 0.2) is 11.4 Å². The van der Waals surface area contributed by atoms with Gasteiger partial charge >= 0.3 is 5.97 Å². The van der Waals surface area contributed by atoms with Gasteiger partial charge in [-0.05, 0) is 30.7 Å². The fraction of sp³-hybridized carbons (Fsp3) is 0.261. The molecule has 0 spiro atoms. The smallest absolute Gasteiger partial charge is 0.339 e. The molecule has 0 saturated heterocycles. The zero-order chi connectivity index (χ0) is 23.6. The van der Waals surface area contributed by atoms with Gasteiger partial charge in [0.05, 0.1) is 5.56 Å². The van der Waals surface area contributed by atoms with Gasteiger partial charge in [-0.1, -0.05) is 24.3 Å². The van der Waals surface area contributed by atoms with E-state index in [1.165, 1.54) is 0 Å². The van der Waals surface area contributed by atoms with Gasteiger partial charge in [0.2, 0.25) is 11.9 Å². The first kappa shape index (κ1) is 22.0. The molecule has 2 aromatic carbocycles. The number of carbonyl (C=O) groups excluding carboxylic acids is 2. The van der Waals surface area contributed by atoms with E-state index in [0.29, 0.717) is 28.8 Å². The Bertz CT molecular complexity index is 1220. The molecule has 0 saturated carbocycles. The molecule has 3 N–H and O–H groups in total. The number of aromatic nitrogens is 3. The number of rotatable bonds is 6. The van der Waals surface area contributed by atoms with Crippen LogP contribution in [0.15, 0.2) is 48.5 Å². The lowest BCUT2D eigenvalue weighted by atomic mass is 9.89. The Morgan fingerprint density at radius 2 is 1.97 bits per heavy atom. The van der Waals surface area contributed by atoms with Crippen LogP contribution in [0.2, 0.25) is 0 Å². The molecular formula is C23H24N6O4. The number of esters is 1. The van der Waals surface area contributed by atoms with E-state index < -0.39 is 17.5 Å². The molecule has 0 bridgehead atoms. The molecule has 0 aliphatic carbocycles. The van der Waals surface area contributed by atoms with E-state index in [1.54, 1.807) is 62.3 Å². The summed E-state index contributed by atoms with van der Waals surface area (Å²) < 4.78 is 11.3. The molecule has 0 fully saturated rings. The number of nitrogen functional groups attached to an aromatic ring is 1. The van der Waals surface area contributed by atoms with E-state index >= 15 is 0 Å². The lowest BCUT2D eigenvalue weighted by Crippen LogP contribution is -2.48. The third-order valence-electron chi connectivity index (χ3n) is 5.11. The quantitative estimate of drug-likeness (QED) is 0.545. The standard InChI is InChI=1S/C23H24N6O4/c1-23(12-14-7-4-5-10-17(14)19(30)33-23)20(31)25-15-8-6-9-16(11-15)32-13-18-26-21(24)28-22(27-18)29(2)3/h4-11H,12-13H2,1-3H3,(H,25,31)(H2,24,26,27,28). The van der Waals surface area contributed by atoms with Crippen molar-refractivity contribution in [3.8, 4) is 5.75 Å². The van der Waals surface area contributed by atoms with Gasteiger partial charge in [-0.3, -0.25) is 4.79 Å². The van der Waals surface area contributed by atoms with E-state index in [1.807, 2.05) is 12.1 Å². The topological polar surface area (TPSA) is 133 Å². The van der Waals surface area contributed by atoms with Crippen LogP contribution in [0.5, 0.6) is 5.75 Å². The molecule has 1 amide bonds. The van der Waals surface area contributed by atoms with Crippen molar-refractivity contribution >= 4 is 29.5 Å². The van der Waals surface area contributed by atoms with Gasteiger partial charge < -0.3 is 25.4 Å². The average molecular weight is 448 g/mol. The molecule has 1 aliphatic heterocycles. The summed E-state index contributed by atoms with van der Waals surface area (Å²) in [5.74, 6) is 0.461. The average Bonchev–Trinajstić information content (AvgIpc) is 2.77. The van der Waals surface area contributed by atoms with Crippen LogP contribution < -0.4 is 20.7 Å². The summed E-state index contributed by atoms with van der Waals surface area (Å²) >= 11 is 0. The molecule has 1 aromatic heterocycles. The number of nitrogens with two attached hydrogens (primary N) is 1. The number of fused-ring (bicyclic) bond motifs is 1. The van der Waals surface area contributed by atoms with Crippen molar-refractivity contribution in [3.63, 3.8) is 0 Å². The van der Waals surface area contributed by atoms with Crippen molar-refractivity contribution < 1.29 is 19.1 Å². The maximum atomic E-state index is 13.0. The summed E-state index contributed by atoms with van der Waals surface area (Å²) in [7, 11) is 3.60. The number of hydrogen-bond acceptors (Lipinski definition) is 9. The van der Waals surface area contributed by atoms with E-state index in [2.05, 4.69) is 20.3 Å². The van der Waals surface area contributed by atoms with Gasteiger partial charge in [0.25, 0.3) is 5.91 Å². The van der Waals surface area contributed by atoms with E-state index in [-0.39, 0.29) is 19.0 Å². The summed E-state index contributed by atoms with van der Waals surface area (Å²) in [6.45, 7) is 1.67. The second kappa shape index (κ2) is 8.73. The Morgan fingerprint density at radius 3 is 2.76 bits per heavy atom. The largest absolute Gasteiger partial charge is 0.486 e. The molecule has 1 atom stereocenters. The molecule has 2 heterocycles.